The Morgan fingerprint density at radius 3 is 1.43 bits per heavy atom. The minimum absolute atomic E-state index is 0.0622. The van der Waals surface area contributed by atoms with E-state index < -0.39 is 31.2 Å². The number of anilines is 4. The first-order chi connectivity index (χ1) is 31.7. The zero-order chi connectivity index (χ0) is 48.6. The largest absolute Gasteiger partial charge is 0.478 e. The van der Waals surface area contributed by atoms with Gasteiger partial charge in [-0.05, 0) is 61.7 Å². The average molecular weight is 971 g/mol. The number of alkyl halides is 6. The number of hydrogen-bond donors (Lipinski definition) is 3. The van der Waals surface area contributed by atoms with Crippen LogP contribution in [-0.4, -0.2) is 103 Å². The van der Waals surface area contributed by atoms with Gasteiger partial charge in [0.05, 0.1) is 45.3 Å². The van der Waals surface area contributed by atoms with E-state index in [0.29, 0.717) is 75.6 Å². The fourth-order valence-electron chi connectivity index (χ4n) is 7.43. The topological polar surface area (TPSA) is 193 Å². The zero-order valence-corrected chi connectivity index (χ0v) is 37.1. The van der Waals surface area contributed by atoms with Crippen molar-refractivity contribution in [2.45, 2.75) is 44.5 Å². The number of benzene rings is 2. The Kier molecular flexibility index (Phi) is 15.7. The van der Waals surface area contributed by atoms with E-state index in [1.807, 2.05) is 0 Å². The second-order valence-electron chi connectivity index (χ2n) is 15.3. The van der Waals surface area contributed by atoms with Crippen molar-refractivity contribution >= 4 is 80.2 Å². The van der Waals surface area contributed by atoms with Gasteiger partial charge in [0.25, 0.3) is 0 Å². The summed E-state index contributed by atoms with van der Waals surface area (Å²) in [5.41, 5.74) is 14.5. The van der Waals surface area contributed by atoms with E-state index in [0.717, 1.165) is 48.6 Å². The number of carbonyl (C=O) groups is 2. The number of carboxylic acid groups (broad SMARTS) is 1. The number of amides is 1. The molecule has 0 unspecified atom stereocenters. The number of piperidine rings is 1. The van der Waals surface area contributed by atoms with Gasteiger partial charge in [-0.1, -0.05) is 48.5 Å². The number of hydrogen-bond acceptors (Lipinski definition) is 12. The maximum Gasteiger partial charge on any atom is 0.393 e. The molecule has 14 nitrogen and oxygen atoms in total. The Hall–Kier alpha value is -6.80. The van der Waals surface area contributed by atoms with Crippen LogP contribution in [0.2, 0.25) is 10.0 Å². The standard InChI is InChI=1S/C22H20ClF3N6O.C20H19ClF3N5.C3H4O2/c1-2-19(33)31-5-7-32(8-6-31)21-15-9-16(23)14(10-18(15)28-12-29-21)17-4-3-13(20(27)30-17)11-22(24,25)26;21-15-8-14-17(26-11-27-19(14)29-6-2-1-3-7-29)9-13(15)16-5-4-12(18(25)28-16)10-20(22,23)24;1-2-3(4)5/h2-4,9-10,12H,1,5-8,11H2,(H2,27,30);4-5,8-9,11H,1-3,6-7,10H2,(H2,25,28);2H,1H2,(H,4,5). The van der Waals surface area contributed by atoms with Gasteiger partial charge in [-0.2, -0.15) is 26.3 Å². The molecule has 22 heteroatoms. The SMILES string of the molecule is C=CC(=O)N1CCN(c2ncnc3cc(-c4ccc(CC(F)(F)F)c(N)n4)c(Cl)cc23)CC1.C=CC(=O)O.Nc1nc(-c2cc3ncnc(N4CCCCC4)c3cc2Cl)ccc1CC(F)(F)F. The van der Waals surface area contributed by atoms with Gasteiger partial charge in [0, 0.05) is 78.4 Å². The summed E-state index contributed by atoms with van der Waals surface area (Å²) in [5.74, 6) is 0.0835. The smallest absolute Gasteiger partial charge is 0.393 e. The van der Waals surface area contributed by atoms with Crippen LogP contribution in [-0.2, 0) is 22.4 Å². The summed E-state index contributed by atoms with van der Waals surface area (Å²) in [6.07, 6.45) is -2.48. The number of rotatable bonds is 8. The lowest BCUT2D eigenvalue weighted by Gasteiger charge is -2.35. The molecule has 2 aromatic carbocycles. The van der Waals surface area contributed by atoms with Crippen molar-refractivity contribution in [2.24, 2.45) is 0 Å². The summed E-state index contributed by atoms with van der Waals surface area (Å²) in [6, 6.07) is 12.6. The number of nitrogens with two attached hydrogens (primary N) is 2. The second kappa shape index (κ2) is 21.2. The molecule has 0 bridgehead atoms. The molecular formula is C45H43Cl2F6N11O3. The lowest BCUT2D eigenvalue weighted by molar-refractivity contribution is -0.131. The van der Waals surface area contributed by atoms with Crippen molar-refractivity contribution in [2.75, 3.05) is 60.5 Å². The van der Waals surface area contributed by atoms with E-state index in [2.05, 4.69) is 52.9 Å². The summed E-state index contributed by atoms with van der Waals surface area (Å²) in [7, 11) is 0. The lowest BCUT2D eigenvalue weighted by Crippen LogP contribution is -2.48. The highest BCUT2D eigenvalue weighted by Gasteiger charge is 2.30. The summed E-state index contributed by atoms with van der Waals surface area (Å²) in [6.45, 7) is 10.6. The number of aliphatic carboxylic acids is 1. The molecule has 6 aromatic rings. The van der Waals surface area contributed by atoms with Gasteiger partial charge in [-0.3, -0.25) is 4.79 Å². The Bertz CT molecular complexity index is 2800. The van der Waals surface area contributed by atoms with Crippen molar-refractivity contribution in [1.82, 2.24) is 34.8 Å². The van der Waals surface area contributed by atoms with Crippen molar-refractivity contribution in [1.29, 1.82) is 0 Å². The predicted octanol–water partition coefficient (Wildman–Crippen LogP) is 9.15. The third-order valence-electron chi connectivity index (χ3n) is 10.7. The van der Waals surface area contributed by atoms with E-state index in [-0.39, 0.29) is 28.7 Å². The molecule has 2 saturated heterocycles. The van der Waals surface area contributed by atoms with E-state index >= 15 is 0 Å². The molecule has 8 rings (SSSR count). The van der Waals surface area contributed by atoms with Crippen molar-refractivity contribution in [3.8, 4) is 22.5 Å². The highest BCUT2D eigenvalue weighted by atomic mass is 35.5. The molecule has 2 fully saturated rings. The van der Waals surface area contributed by atoms with Crippen LogP contribution in [0.15, 0.2) is 86.5 Å². The van der Waals surface area contributed by atoms with Gasteiger partial charge in [-0.15, -0.1) is 0 Å². The summed E-state index contributed by atoms with van der Waals surface area (Å²) in [4.78, 5) is 52.9. The van der Waals surface area contributed by atoms with Gasteiger partial charge >= 0.3 is 18.3 Å². The van der Waals surface area contributed by atoms with Crippen LogP contribution in [0.25, 0.3) is 44.3 Å². The summed E-state index contributed by atoms with van der Waals surface area (Å²) in [5, 5.41) is 9.92. The second-order valence-corrected chi connectivity index (χ2v) is 16.1. The maximum atomic E-state index is 12.7. The number of nitrogen functional groups attached to an aromatic ring is 2. The van der Waals surface area contributed by atoms with Crippen LogP contribution >= 0.6 is 23.2 Å². The monoisotopic (exact) mass is 969 g/mol. The molecule has 0 spiro atoms. The van der Waals surface area contributed by atoms with Crippen molar-refractivity contribution in [3.63, 3.8) is 0 Å². The molecule has 0 radical (unpaired) electrons. The van der Waals surface area contributed by atoms with E-state index in [1.165, 1.54) is 49.4 Å². The first-order valence-corrected chi connectivity index (χ1v) is 21.3. The van der Waals surface area contributed by atoms with Gasteiger partial charge in [0.1, 0.15) is 35.9 Å². The number of aromatic nitrogens is 6. The number of nitrogens with zero attached hydrogens (tertiary/aromatic N) is 9. The van der Waals surface area contributed by atoms with Gasteiger partial charge in [0.15, 0.2) is 0 Å². The Balaban J connectivity index is 0.000000202. The molecule has 0 aliphatic carbocycles. The van der Waals surface area contributed by atoms with Crippen LogP contribution < -0.4 is 21.3 Å². The molecule has 4 aromatic heterocycles. The Labute approximate surface area is 390 Å². The number of carboxylic acids is 1. The van der Waals surface area contributed by atoms with E-state index in [1.54, 1.807) is 29.2 Å². The molecule has 5 N–H and O–H groups in total. The van der Waals surface area contributed by atoms with E-state index in [4.69, 9.17) is 39.8 Å². The fraction of sp³-hybridized carbons (Fsp3) is 0.289. The Morgan fingerprint density at radius 2 is 1.06 bits per heavy atom. The first-order valence-electron chi connectivity index (χ1n) is 20.5. The molecule has 0 saturated carbocycles. The normalized spacial score (nSPS) is 14.2. The molecule has 6 heterocycles. The molecule has 352 valence electrons. The van der Waals surface area contributed by atoms with Crippen molar-refractivity contribution < 1.29 is 41.0 Å². The number of pyridine rings is 2. The van der Waals surface area contributed by atoms with Crippen molar-refractivity contribution in [3.05, 3.63) is 108 Å². The van der Waals surface area contributed by atoms with Crippen LogP contribution in [0.1, 0.15) is 30.4 Å². The third-order valence-corrected chi connectivity index (χ3v) is 11.3. The van der Waals surface area contributed by atoms with Crippen LogP contribution in [0, 0.1) is 0 Å². The molecular weight excluding hydrogens is 927 g/mol. The first kappa shape index (κ1) is 49.6. The zero-order valence-electron chi connectivity index (χ0n) is 35.6. The molecule has 2 aliphatic heterocycles. The maximum absolute atomic E-state index is 12.7. The quantitative estimate of drug-likeness (QED) is 0.0967. The van der Waals surface area contributed by atoms with Crippen LogP contribution in [0.3, 0.4) is 0 Å². The molecule has 0 atom stereocenters. The third kappa shape index (κ3) is 12.8. The molecule has 67 heavy (non-hydrogen) atoms. The minimum Gasteiger partial charge on any atom is -0.478 e. The number of carbonyl (C=O) groups excluding carboxylic acids is 1. The predicted molar refractivity (Wildman–Crippen MR) is 247 cm³/mol. The lowest BCUT2D eigenvalue weighted by atomic mass is 10.1. The Morgan fingerprint density at radius 1 is 0.642 bits per heavy atom. The summed E-state index contributed by atoms with van der Waals surface area (Å²) >= 11 is 13.0. The number of piperazine rings is 1. The number of fused-ring (bicyclic) bond motifs is 2. The van der Waals surface area contributed by atoms with Crippen LogP contribution in [0.4, 0.5) is 49.6 Å². The van der Waals surface area contributed by atoms with Gasteiger partial charge in [0.2, 0.25) is 5.91 Å². The minimum atomic E-state index is -4.38. The van der Waals surface area contributed by atoms with Gasteiger partial charge < -0.3 is 31.3 Å². The average Bonchev–Trinajstić information content (AvgIpc) is 3.29. The highest BCUT2D eigenvalue weighted by Crippen LogP contribution is 2.37. The van der Waals surface area contributed by atoms with E-state index in [9.17, 15) is 35.9 Å². The van der Waals surface area contributed by atoms with Gasteiger partial charge in [-0.25, -0.2) is 34.7 Å². The highest BCUT2D eigenvalue weighted by molar-refractivity contribution is 6.34. The summed E-state index contributed by atoms with van der Waals surface area (Å²) < 4.78 is 76.1. The van der Waals surface area contributed by atoms with Crippen LogP contribution in [0.5, 0.6) is 0 Å². The molecule has 2 aliphatic rings. The molecule has 1 amide bonds. The fourth-order valence-corrected chi connectivity index (χ4v) is 7.96. The number of halogens is 8.